The van der Waals surface area contributed by atoms with Crippen molar-refractivity contribution in [1.82, 2.24) is 0 Å². The second-order valence-electron chi connectivity index (χ2n) is 2.13. The Labute approximate surface area is 103 Å². The molecule has 0 aromatic heterocycles. The lowest BCUT2D eigenvalue weighted by atomic mass is 10.3. The van der Waals surface area contributed by atoms with Gasteiger partial charge < -0.3 is 9.42 Å². The number of thiol groups is 1. The molecule has 7 heteroatoms. The summed E-state index contributed by atoms with van der Waals surface area (Å²) in [6.07, 6.45) is 0. The standard InChI is InChI=1S/C6H5Br2O2PS2/c7-4-2-1-3-5(8)6(4)10-11(9,12)13/h1-3H,(H2,9,12,13). The van der Waals surface area contributed by atoms with Crippen LogP contribution in [-0.2, 0) is 11.8 Å². The number of benzene rings is 1. The van der Waals surface area contributed by atoms with Crippen molar-refractivity contribution in [3.63, 3.8) is 0 Å². The summed E-state index contributed by atoms with van der Waals surface area (Å²) in [5.41, 5.74) is -2.97. The van der Waals surface area contributed by atoms with Crippen LogP contribution in [-0.4, -0.2) is 4.89 Å². The molecule has 1 atom stereocenters. The van der Waals surface area contributed by atoms with Gasteiger partial charge in [-0.3, -0.25) is 0 Å². The third-order valence-corrected chi connectivity index (χ3v) is 3.27. The molecule has 0 aliphatic rings. The van der Waals surface area contributed by atoms with Crippen molar-refractivity contribution in [2.75, 3.05) is 0 Å². The third kappa shape index (κ3) is 3.90. The van der Waals surface area contributed by atoms with Crippen LogP contribution in [0.4, 0.5) is 0 Å². The van der Waals surface area contributed by atoms with Crippen LogP contribution < -0.4 is 4.52 Å². The second kappa shape index (κ2) is 4.64. The van der Waals surface area contributed by atoms with E-state index in [0.29, 0.717) is 5.75 Å². The zero-order valence-corrected chi connectivity index (χ0v) is 11.9. The van der Waals surface area contributed by atoms with Crippen LogP contribution in [0.3, 0.4) is 0 Å². The Morgan fingerprint density at radius 2 is 1.85 bits per heavy atom. The minimum atomic E-state index is -2.97. The van der Waals surface area contributed by atoms with Crippen LogP contribution >= 0.6 is 49.8 Å². The molecule has 1 aromatic rings. The Balaban J connectivity index is 3.07. The first kappa shape index (κ1) is 12.0. The van der Waals surface area contributed by atoms with Crippen LogP contribution in [0.2, 0.25) is 0 Å². The van der Waals surface area contributed by atoms with E-state index in [-0.39, 0.29) is 0 Å². The predicted octanol–water partition coefficient (Wildman–Crippen LogP) is 3.74. The Hall–Kier alpha value is 0.940. The maximum atomic E-state index is 9.25. The minimum Gasteiger partial charge on any atom is -0.434 e. The van der Waals surface area contributed by atoms with Gasteiger partial charge in [0.15, 0.2) is 5.75 Å². The summed E-state index contributed by atoms with van der Waals surface area (Å²) in [4.78, 5) is 9.25. The number of rotatable bonds is 2. The Bertz CT molecular complexity index is 345. The molecule has 0 spiro atoms. The first-order valence-electron chi connectivity index (χ1n) is 3.09. The molecule has 0 saturated heterocycles. The van der Waals surface area contributed by atoms with Gasteiger partial charge in [-0.2, -0.15) is 0 Å². The first-order valence-corrected chi connectivity index (χ1v) is 8.50. The van der Waals surface area contributed by atoms with E-state index in [1.54, 1.807) is 12.1 Å². The highest BCUT2D eigenvalue weighted by atomic mass is 79.9. The number of hydrogen-bond donors (Lipinski definition) is 2. The van der Waals surface area contributed by atoms with Crippen molar-refractivity contribution in [3.8, 4) is 5.75 Å². The molecule has 13 heavy (non-hydrogen) atoms. The maximum absolute atomic E-state index is 9.25. The molecule has 72 valence electrons. The van der Waals surface area contributed by atoms with Crippen LogP contribution in [0.1, 0.15) is 0 Å². The molecule has 0 radical (unpaired) electrons. The lowest BCUT2D eigenvalue weighted by Crippen LogP contribution is -1.87. The van der Waals surface area contributed by atoms with E-state index in [1.165, 1.54) is 0 Å². The fourth-order valence-electron chi connectivity index (χ4n) is 0.689. The molecule has 0 heterocycles. The van der Waals surface area contributed by atoms with Crippen molar-refractivity contribution in [1.29, 1.82) is 0 Å². The van der Waals surface area contributed by atoms with Gasteiger partial charge in [-0.15, -0.1) is 0 Å². The zero-order chi connectivity index (χ0) is 10.1. The summed E-state index contributed by atoms with van der Waals surface area (Å²) in [6, 6.07) is 5.41. The molecule has 0 aliphatic heterocycles. The van der Waals surface area contributed by atoms with Gasteiger partial charge in [-0.1, -0.05) is 18.3 Å². The van der Waals surface area contributed by atoms with E-state index < -0.39 is 5.69 Å². The highest BCUT2D eigenvalue weighted by molar-refractivity contribution is 9.11. The molecule has 1 N–H and O–H groups in total. The van der Waals surface area contributed by atoms with Crippen molar-refractivity contribution in [2.45, 2.75) is 0 Å². The van der Waals surface area contributed by atoms with Gasteiger partial charge in [0.1, 0.15) is 0 Å². The molecule has 0 bridgehead atoms. The number of halogens is 2. The molecule has 1 unspecified atom stereocenters. The normalized spacial score (nSPS) is 15.1. The smallest absolute Gasteiger partial charge is 0.291 e. The second-order valence-corrected chi connectivity index (χ2v) is 8.93. The van der Waals surface area contributed by atoms with Crippen molar-refractivity contribution in [2.24, 2.45) is 0 Å². The van der Waals surface area contributed by atoms with Crippen molar-refractivity contribution in [3.05, 3.63) is 27.1 Å². The minimum absolute atomic E-state index is 0.475. The van der Waals surface area contributed by atoms with Crippen molar-refractivity contribution < 1.29 is 9.42 Å². The van der Waals surface area contributed by atoms with Gasteiger partial charge in [0.05, 0.1) is 8.95 Å². The van der Waals surface area contributed by atoms with Gasteiger partial charge in [-0.25, -0.2) is 0 Å². The van der Waals surface area contributed by atoms with E-state index in [9.17, 15) is 4.89 Å². The molecule has 1 rings (SSSR count). The van der Waals surface area contributed by atoms with E-state index in [1.807, 2.05) is 6.07 Å². The fraction of sp³-hybridized carbons (Fsp3) is 0. The molecular formula is C6H5Br2O2PS2. The average Bonchev–Trinajstić information content (AvgIpc) is 1.95. The average molecular weight is 364 g/mol. The summed E-state index contributed by atoms with van der Waals surface area (Å²) in [5, 5.41) is 0. The van der Waals surface area contributed by atoms with E-state index >= 15 is 0 Å². The van der Waals surface area contributed by atoms with Crippen LogP contribution in [0.15, 0.2) is 27.1 Å². The predicted molar refractivity (Wildman–Crippen MR) is 68.0 cm³/mol. The Kier molecular flexibility index (Phi) is 4.29. The summed E-state index contributed by atoms with van der Waals surface area (Å²) < 4.78 is 6.56. The maximum Gasteiger partial charge on any atom is 0.291 e. The molecule has 1 aromatic carbocycles. The highest BCUT2D eigenvalue weighted by Crippen LogP contribution is 2.50. The topological polar surface area (TPSA) is 29.5 Å². The summed E-state index contributed by atoms with van der Waals surface area (Å²) in [7, 11) is 0. The van der Waals surface area contributed by atoms with Crippen molar-refractivity contribution >= 4 is 61.6 Å². The van der Waals surface area contributed by atoms with Gasteiger partial charge in [0.2, 0.25) is 0 Å². The van der Waals surface area contributed by atoms with Gasteiger partial charge in [0.25, 0.3) is 5.69 Å². The summed E-state index contributed by atoms with van der Waals surface area (Å²) in [6.45, 7) is 0. The van der Waals surface area contributed by atoms with E-state index in [0.717, 1.165) is 8.95 Å². The Morgan fingerprint density at radius 3 is 2.23 bits per heavy atom. The fourth-order valence-corrected chi connectivity index (χ4v) is 3.00. The lowest BCUT2D eigenvalue weighted by Gasteiger charge is -2.13. The Morgan fingerprint density at radius 1 is 1.38 bits per heavy atom. The molecule has 0 fully saturated rings. The quantitative estimate of drug-likeness (QED) is 0.619. The van der Waals surface area contributed by atoms with Crippen LogP contribution in [0, 0.1) is 0 Å². The number of hydrogen-bond acceptors (Lipinski definition) is 2. The molecule has 2 nitrogen and oxygen atoms in total. The molecule has 0 amide bonds. The first-order chi connectivity index (χ1) is 5.90. The van der Waals surface area contributed by atoms with Crippen LogP contribution in [0.25, 0.3) is 0 Å². The number of para-hydroxylation sites is 1. The van der Waals surface area contributed by atoms with E-state index in [2.05, 4.69) is 55.9 Å². The summed E-state index contributed by atoms with van der Waals surface area (Å²) in [5.74, 6) is 0.475. The third-order valence-electron chi connectivity index (χ3n) is 1.13. The lowest BCUT2D eigenvalue weighted by molar-refractivity contribution is 0.501. The molecular weight excluding hydrogens is 359 g/mol. The SMILES string of the molecule is OP(=S)(S)Oc1c(Br)cccc1Br. The molecule has 0 aliphatic carbocycles. The largest absolute Gasteiger partial charge is 0.434 e. The monoisotopic (exact) mass is 362 g/mol. The van der Waals surface area contributed by atoms with Gasteiger partial charge >= 0.3 is 0 Å². The highest BCUT2D eigenvalue weighted by Gasteiger charge is 2.13. The van der Waals surface area contributed by atoms with Gasteiger partial charge in [0, 0.05) is 0 Å². The summed E-state index contributed by atoms with van der Waals surface area (Å²) >= 11 is 15.0. The zero-order valence-electron chi connectivity index (χ0n) is 6.15. The molecule has 0 saturated carbocycles. The van der Waals surface area contributed by atoms with Gasteiger partial charge in [-0.05, 0) is 55.8 Å². The van der Waals surface area contributed by atoms with Crippen LogP contribution in [0.5, 0.6) is 5.75 Å². The van der Waals surface area contributed by atoms with E-state index in [4.69, 9.17) is 4.52 Å².